The molecule has 1 aromatic carbocycles. The number of aliphatic hydroxyl groups is 1. The molecule has 0 amide bonds. The number of nitrogens with zero attached hydrogens (tertiary/aromatic N) is 1. The molecule has 3 heteroatoms. The number of anilines is 1. The Labute approximate surface area is 109 Å². The van der Waals surface area contributed by atoms with Crippen LogP contribution < -0.4 is 4.90 Å². The van der Waals surface area contributed by atoms with Gasteiger partial charge in [0, 0.05) is 12.6 Å². The average Bonchev–Trinajstić information content (AvgIpc) is 2.26. The lowest BCUT2D eigenvalue weighted by molar-refractivity contribution is 0.199. The Hall–Kier alpha value is -0.990. The van der Waals surface area contributed by atoms with E-state index < -0.39 is 6.10 Å². The maximum absolute atomic E-state index is 9.50. The first-order chi connectivity index (χ1) is 7.97. The molecule has 0 aliphatic carbocycles. The first kappa shape index (κ1) is 14.1. The predicted molar refractivity (Wildman–Crippen MR) is 74.8 cm³/mol. The molecule has 0 aromatic heterocycles. The van der Waals surface area contributed by atoms with Gasteiger partial charge in [0.2, 0.25) is 0 Å². The lowest BCUT2D eigenvalue weighted by Gasteiger charge is -2.29. The van der Waals surface area contributed by atoms with Crippen LogP contribution in [0.2, 0.25) is 5.02 Å². The summed E-state index contributed by atoms with van der Waals surface area (Å²) >= 11 is 6.26. The molecule has 0 aliphatic heterocycles. The van der Waals surface area contributed by atoms with E-state index >= 15 is 0 Å². The molecule has 0 fully saturated rings. The second-order valence-electron chi connectivity index (χ2n) is 4.42. The molecule has 1 atom stereocenters. The highest BCUT2D eigenvalue weighted by atomic mass is 35.5. The van der Waals surface area contributed by atoms with Crippen LogP contribution in [0.25, 0.3) is 0 Å². The number of benzene rings is 1. The van der Waals surface area contributed by atoms with E-state index in [0.717, 1.165) is 17.8 Å². The van der Waals surface area contributed by atoms with Crippen molar-refractivity contribution in [3.05, 3.63) is 41.4 Å². The maximum atomic E-state index is 9.50. The second kappa shape index (κ2) is 6.08. The minimum atomic E-state index is -0.492. The molecule has 0 aliphatic rings. The molecule has 0 spiro atoms. The van der Waals surface area contributed by atoms with Gasteiger partial charge in [-0.15, -0.1) is 6.58 Å². The maximum Gasteiger partial charge on any atom is 0.0762 e. The molecule has 94 valence electrons. The van der Waals surface area contributed by atoms with Crippen molar-refractivity contribution in [1.29, 1.82) is 0 Å². The summed E-state index contributed by atoms with van der Waals surface area (Å²) in [6.45, 7) is 10.5. The van der Waals surface area contributed by atoms with E-state index in [1.807, 2.05) is 24.3 Å². The van der Waals surface area contributed by atoms with Crippen LogP contribution in [0.5, 0.6) is 0 Å². The van der Waals surface area contributed by atoms with Crippen LogP contribution in [0.4, 0.5) is 5.69 Å². The Morgan fingerprint density at radius 3 is 2.47 bits per heavy atom. The molecule has 0 radical (unpaired) electrons. The minimum absolute atomic E-state index is 0.350. The van der Waals surface area contributed by atoms with Crippen molar-refractivity contribution in [1.82, 2.24) is 0 Å². The average molecular weight is 254 g/mol. The minimum Gasteiger partial charge on any atom is -0.389 e. The van der Waals surface area contributed by atoms with Gasteiger partial charge < -0.3 is 10.0 Å². The van der Waals surface area contributed by atoms with Gasteiger partial charge in [-0.05, 0) is 38.5 Å². The Balaban J connectivity index is 3.08. The van der Waals surface area contributed by atoms with Gasteiger partial charge in [0.1, 0.15) is 0 Å². The van der Waals surface area contributed by atoms with Gasteiger partial charge in [0.05, 0.1) is 16.8 Å². The van der Waals surface area contributed by atoms with E-state index in [9.17, 15) is 5.11 Å². The molecule has 0 unspecified atom stereocenters. The zero-order chi connectivity index (χ0) is 13.0. The topological polar surface area (TPSA) is 23.5 Å². The van der Waals surface area contributed by atoms with Crippen LogP contribution in [0.3, 0.4) is 0 Å². The summed E-state index contributed by atoms with van der Waals surface area (Å²) in [6.07, 6.45) is 1.37. The van der Waals surface area contributed by atoms with Gasteiger partial charge in [-0.3, -0.25) is 0 Å². The molecule has 2 nitrogen and oxygen atoms in total. The second-order valence-corrected chi connectivity index (χ2v) is 4.83. The monoisotopic (exact) mass is 253 g/mol. The van der Waals surface area contributed by atoms with Crippen molar-refractivity contribution in [2.75, 3.05) is 11.4 Å². The normalized spacial score (nSPS) is 12.6. The first-order valence-corrected chi connectivity index (χ1v) is 6.20. The highest BCUT2D eigenvalue weighted by Crippen LogP contribution is 2.30. The zero-order valence-electron chi connectivity index (χ0n) is 10.7. The highest BCUT2D eigenvalue weighted by molar-refractivity contribution is 6.33. The fraction of sp³-hybridized carbons (Fsp3) is 0.429. The van der Waals surface area contributed by atoms with E-state index in [2.05, 4.69) is 25.3 Å². The standard InChI is InChI=1S/C14H20ClNO/c1-5-8-16(10(2)3)14-7-6-12(11(4)17)9-13(14)15/h5-7,9-11,17H,1,8H2,2-4H3/t11-/m1/s1. The van der Waals surface area contributed by atoms with Gasteiger partial charge >= 0.3 is 0 Å². The predicted octanol–water partition coefficient (Wildman–Crippen LogP) is 3.79. The summed E-state index contributed by atoms with van der Waals surface area (Å²) in [5.74, 6) is 0. The molecule has 1 rings (SSSR count). The van der Waals surface area contributed by atoms with Gasteiger partial charge in [0.15, 0.2) is 0 Å². The Bertz CT molecular complexity index is 388. The fourth-order valence-electron chi connectivity index (χ4n) is 1.74. The molecular formula is C14H20ClNO. The summed E-state index contributed by atoms with van der Waals surface area (Å²) in [5.41, 5.74) is 1.81. The zero-order valence-corrected chi connectivity index (χ0v) is 11.4. The van der Waals surface area contributed by atoms with Gasteiger partial charge in [-0.1, -0.05) is 23.7 Å². The third-order valence-electron chi connectivity index (χ3n) is 2.71. The molecule has 0 saturated heterocycles. The third-order valence-corrected chi connectivity index (χ3v) is 3.02. The van der Waals surface area contributed by atoms with Crippen LogP contribution in [0, 0.1) is 0 Å². The number of aliphatic hydroxyl groups excluding tert-OH is 1. The van der Waals surface area contributed by atoms with Gasteiger partial charge in [-0.2, -0.15) is 0 Å². The van der Waals surface area contributed by atoms with Gasteiger partial charge in [-0.25, -0.2) is 0 Å². The van der Waals surface area contributed by atoms with Crippen LogP contribution in [-0.4, -0.2) is 17.7 Å². The van der Waals surface area contributed by atoms with E-state index in [4.69, 9.17) is 11.6 Å². The molecule has 1 N–H and O–H groups in total. The van der Waals surface area contributed by atoms with Crippen molar-refractivity contribution in [3.8, 4) is 0 Å². The number of halogens is 1. The van der Waals surface area contributed by atoms with Crippen LogP contribution in [-0.2, 0) is 0 Å². The van der Waals surface area contributed by atoms with Crippen molar-refractivity contribution in [2.24, 2.45) is 0 Å². The van der Waals surface area contributed by atoms with E-state index in [1.165, 1.54) is 0 Å². The third kappa shape index (κ3) is 3.48. The van der Waals surface area contributed by atoms with E-state index in [1.54, 1.807) is 6.92 Å². The van der Waals surface area contributed by atoms with E-state index in [-0.39, 0.29) is 0 Å². The number of hydrogen-bond acceptors (Lipinski definition) is 2. The molecule has 0 bridgehead atoms. The lowest BCUT2D eigenvalue weighted by Crippen LogP contribution is -2.31. The van der Waals surface area contributed by atoms with Crippen molar-refractivity contribution in [2.45, 2.75) is 32.9 Å². The summed E-state index contributed by atoms with van der Waals surface area (Å²) < 4.78 is 0. The van der Waals surface area contributed by atoms with Crippen LogP contribution >= 0.6 is 11.6 Å². The fourth-order valence-corrected chi connectivity index (χ4v) is 2.04. The summed E-state index contributed by atoms with van der Waals surface area (Å²) in [5, 5.41) is 10.2. The summed E-state index contributed by atoms with van der Waals surface area (Å²) in [7, 11) is 0. The molecule has 0 heterocycles. The van der Waals surface area contributed by atoms with Gasteiger partial charge in [0.25, 0.3) is 0 Å². The molecule has 0 saturated carbocycles. The van der Waals surface area contributed by atoms with Crippen molar-refractivity contribution < 1.29 is 5.11 Å². The smallest absolute Gasteiger partial charge is 0.0762 e. The Morgan fingerprint density at radius 2 is 2.06 bits per heavy atom. The van der Waals surface area contributed by atoms with E-state index in [0.29, 0.717) is 11.1 Å². The van der Waals surface area contributed by atoms with Crippen LogP contribution in [0.1, 0.15) is 32.4 Å². The lowest BCUT2D eigenvalue weighted by atomic mass is 10.1. The van der Waals surface area contributed by atoms with Crippen molar-refractivity contribution in [3.63, 3.8) is 0 Å². The van der Waals surface area contributed by atoms with Crippen LogP contribution in [0.15, 0.2) is 30.9 Å². The van der Waals surface area contributed by atoms with Crippen molar-refractivity contribution >= 4 is 17.3 Å². The quantitative estimate of drug-likeness (QED) is 0.807. The number of rotatable bonds is 5. The summed E-state index contributed by atoms with van der Waals surface area (Å²) in [4.78, 5) is 2.17. The highest BCUT2D eigenvalue weighted by Gasteiger charge is 2.13. The molecule has 17 heavy (non-hydrogen) atoms. The first-order valence-electron chi connectivity index (χ1n) is 5.82. The SMILES string of the molecule is C=CCN(c1ccc([C@@H](C)O)cc1Cl)C(C)C. The number of hydrogen-bond donors (Lipinski definition) is 1. The Kier molecular flexibility index (Phi) is 5.03. The molecular weight excluding hydrogens is 234 g/mol. The largest absolute Gasteiger partial charge is 0.389 e. The Morgan fingerprint density at radius 1 is 1.41 bits per heavy atom. The summed E-state index contributed by atoms with van der Waals surface area (Å²) in [6, 6.07) is 6.03. The molecule has 1 aromatic rings.